The van der Waals surface area contributed by atoms with Gasteiger partial charge in [-0.2, -0.15) is 0 Å². The Labute approximate surface area is 174 Å². The highest BCUT2D eigenvalue weighted by molar-refractivity contribution is 7.99. The lowest BCUT2D eigenvalue weighted by Crippen LogP contribution is -2.48. The Hall–Kier alpha value is -2.38. The van der Waals surface area contributed by atoms with E-state index in [1.165, 1.54) is 23.9 Å². The van der Waals surface area contributed by atoms with Gasteiger partial charge in [0, 0.05) is 31.6 Å². The van der Waals surface area contributed by atoms with E-state index < -0.39 is 11.4 Å². The minimum atomic E-state index is -0.621. The quantitative estimate of drug-likeness (QED) is 0.702. The summed E-state index contributed by atoms with van der Waals surface area (Å²) in [4.78, 5) is 27.8. The fourth-order valence-electron chi connectivity index (χ4n) is 3.35. The number of benzene rings is 2. The summed E-state index contributed by atoms with van der Waals surface area (Å²) in [7, 11) is 1.61. The number of thioether (sulfide) groups is 1. The van der Waals surface area contributed by atoms with Crippen LogP contribution >= 0.6 is 11.8 Å². The van der Waals surface area contributed by atoms with Crippen molar-refractivity contribution >= 4 is 23.6 Å². The molecule has 1 fully saturated rings. The molecule has 1 heterocycles. The third-order valence-corrected chi connectivity index (χ3v) is 6.08. The van der Waals surface area contributed by atoms with Gasteiger partial charge in [0.05, 0.1) is 0 Å². The molecule has 2 amide bonds. The minimum absolute atomic E-state index is 0.200. The Kier molecular flexibility index (Phi) is 7.28. The number of ether oxygens (including phenoxy) is 1. The second-order valence-electron chi connectivity index (χ2n) is 6.98. The maximum Gasteiger partial charge on any atom is 0.255 e. The van der Waals surface area contributed by atoms with Crippen LogP contribution in [0.5, 0.6) is 0 Å². The molecule has 1 saturated heterocycles. The summed E-state index contributed by atoms with van der Waals surface area (Å²) in [6.07, 6.45) is 0.696. The van der Waals surface area contributed by atoms with Gasteiger partial charge < -0.3 is 15.0 Å². The Morgan fingerprint density at radius 3 is 2.76 bits per heavy atom. The molecular formula is C22H25FN2O3S. The number of amides is 2. The van der Waals surface area contributed by atoms with Gasteiger partial charge in [0.25, 0.3) is 5.91 Å². The van der Waals surface area contributed by atoms with Crippen molar-refractivity contribution in [1.82, 2.24) is 10.2 Å². The summed E-state index contributed by atoms with van der Waals surface area (Å²) >= 11 is 1.47. The van der Waals surface area contributed by atoms with E-state index >= 15 is 0 Å². The first-order chi connectivity index (χ1) is 14.0. The van der Waals surface area contributed by atoms with E-state index in [0.717, 1.165) is 5.56 Å². The number of carbonyl (C=O) groups excluding carboxylic acids is 2. The smallest absolute Gasteiger partial charge is 0.255 e. The van der Waals surface area contributed by atoms with Crippen molar-refractivity contribution in [2.24, 2.45) is 0 Å². The van der Waals surface area contributed by atoms with Crippen LogP contribution < -0.4 is 5.32 Å². The predicted molar refractivity (Wildman–Crippen MR) is 112 cm³/mol. The molecule has 2 aromatic carbocycles. The number of hydrogen-bond acceptors (Lipinski definition) is 4. The first kappa shape index (κ1) is 21.3. The standard InChI is InChI=1S/C22H25FN2O3S/c1-15-6-3-7-16(12-15)21(27)25-19(20(26)24-10-5-11-28-2)14-29-22(25)17-8-4-9-18(23)13-17/h3-4,6-9,12-13,19,22H,5,10-11,14H2,1-2H3,(H,24,26). The molecular weight excluding hydrogens is 391 g/mol. The molecule has 0 saturated carbocycles. The first-order valence-corrected chi connectivity index (χ1v) is 10.6. The average Bonchev–Trinajstić information content (AvgIpc) is 3.16. The van der Waals surface area contributed by atoms with Gasteiger partial charge in [0.2, 0.25) is 5.91 Å². The van der Waals surface area contributed by atoms with E-state index in [1.807, 2.05) is 25.1 Å². The molecule has 0 aliphatic carbocycles. The Morgan fingerprint density at radius 2 is 2.03 bits per heavy atom. The average molecular weight is 417 g/mol. The van der Waals surface area contributed by atoms with Crippen molar-refractivity contribution in [1.29, 1.82) is 0 Å². The highest BCUT2D eigenvalue weighted by atomic mass is 32.2. The number of nitrogens with one attached hydrogen (secondary N) is 1. The summed E-state index contributed by atoms with van der Waals surface area (Å²) in [6.45, 7) is 2.95. The second-order valence-corrected chi connectivity index (χ2v) is 8.09. The molecule has 2 unspecified atom stereocenters. The third kappa shape index (κ3) is 5.16. The molecule has 2 aromatic rings. The fraction of sp³-hybridized carbons (Fsp3) is 0.364. The van der Waals surface area contributed by atoms with Crippen LogP contribution in [-0.4, -0.2) is 48.8 Å². The Bertz CT molecular complexity index is 877. The zero-order valence-electron chi connectivity index (χ0n) is 16.6. The molecule has 0 bridgehead atoms. The lowest BCUT2D eigenvalue weighted by atomic mass is 10.1. The highest BCUT2D eigenvalue weighted by Crippen LogP contribution is 2.42. The molecule has 154 valence electrons. The highest BCUT2D eigenvalue weighted by Gasteiger charge is 2.42. The van der Waals surface area contributed by atoms with Crippen LogP contribution in [-0.2, 0) is 9.53 Å². The summed E-state index contributed by atoms with van der Waals surface area (Å²) in [5, 5.41) is 2.47. The van der Waals surface area contributed by atoms with Crippen LogP contribution in [0.15, 0.2) is 48.5 Å². The summed E-state index contributed by atoms with van der Waals surface area (Å²) in [5.74, 6) is -0.341. The van der Waals surface area contributed by atoms with Crippen molar-refractivity contribution in [3.05, 3.63) is 71.0 Å². The van der Waals surface area contributed by atoms with Crippen molar-refractivity contribution in [3.8, 4) is 0 Å². The molecule has 7 heteroatoms. The van der Waals surface area contributed by atoms with Gasteiger partial charge in [-0.1, -0.05) is 29.8 Å². The van der Waals surface area contributed by atoms with Crippen molar-refractivity contribution < 1.29 is 18.7 Å². The van der Waals surface area contributed by atoms with Gasteiger partial charge >= 0.3 is 0 Å². The van der Waals surface area contributed by atoms with Crippen LogP contribution in [0.25, 0.3) is 0 Å². The first-order valence-electron chi connectivity index (χ1n) is 9.54. The SMILES string of the molecule is COCCCNC(=O)C1CSC(c2cccc(F)c2)N1C(=O)c1cccc(C)c1. The van der Waals surface area contributed by atoms with Crippen molar-refractivity contribution in [3.63, 3.8) is 0 Å². The van der Waals surface area contributed by atoms with E-state index in [9.17, 15) is 14.0 Å². The summed E-state index contributed by atoms with van der Waals surface area (Å²) in [5.41, 5.74) is 2.15. The zero-order valence-corrected chi connectivity index (χ0v) is 17.4. The number of hydrogen-bond donors (Lipinski definition) is 1. The van der Waals surface area contributed by atoms with E-state index in [2.05, 4.69) is 5.32 Å². The predicted octanol–water partition coefficient (Wildman–Crippen LogP) is 3.54. The van der Waals surface area contributed by atoms with Gasteiger partial charge in [-0.05, 0) is 43.2 Å². The topological polar surface area (TPSA) is 58.6 Å². The molecule has 0 spiro atoms. The van der Waals surface area contributed by atoms with Crippen LogP contribution in [0.1, 0.15) is 33.3 Å². The van der Waals surface area contributed by atoms with Crippen molar-refractivity contribution in [2.45, 2.75) is 24.8 Å². The van der Waals surface area contributed by atoms with E-state index in [1.54, 1.807) is 30.2 Å². The molecule has 3 rings (SSSR count). The molecule has 1 aliphatic heterocycles. The molecule has 0 aromatic heterocycles. The molecule has 29 heavy (non-hydrogen) atoms. The molecule has 5 nitrogen and oxygen atoms in total. The van der Waals surface area contributed by atoms with Crippen LogP contribution in [0.2, 0.25) is 0 Å². The summed E-state index contributed by atoms with van der Waals surface area (Å²) < 4.78 is 18.8. The third-order valence-electron chi connectivity index (χ3n) is 4.76. The van der Waals surface area contributed by atoms with E-state index in [-0.39, 0.29) is 17.6 Å². The zero-order chi connectivity index (χ0) is 20.8. The summed E-state index contributed by atoms with van der Waals surface area (Å²) in [6, 6.07) is 12.9. The van der Waals surface area contributed by atoms with Gasteiger partial charge in [-0.15, -0.1) is 11.8 Å². The van der Waals surface area contributed by atoms with Crippen LogP contribution in [0.4, 0.5) is 4.39 Å². The number of rotatable bonds is 7. The number of halogens is 1. The van der Waals surface area contributed by atoms with Gasteiger partial charge in [-0.3, -0.25) is 9.59 Å². The van der Waals surface area contributed by atoms with Gasteiger partial charge in [0.1, 0.15) is 17.2 Å². The number of nitrogens with zero attached hydrogens (tertiary/aromatic N) is 1. The normalized spacial score (nSPS) is 18.7. The fourth-order valence-corrected chi connectivity index (χ4v) is 4.77. The number of aryl methyl sites for hydroxylation is 1. The van der Waals surface area contributed by atoms with Gasteiger partial charge in [0.15, 0.2) is 0 Å². The van der Waals surface area contributed by atoms with Crippen molar-refractivity contribution in [2.75, 3.05) is 26.0 Å². The minimum Gasteiger partial charge on any atom is -0.385 e. The Morgan fingerprint density at radius 1 is 1.24 bits per heavy atom. The molecule has 1 N–H and O–H groups in total. The van der Waals surface area contributed by atoms with Gasteiger partial charge in [-0.25, -0.2) is 4.39 Å². The van der Waals surface area contributed by atoms with Crippen LogP contribution in [0, 0.1) is 12.7 Å². The van der Waals surface area contributed by atoms with Crippen LogP contribution in [0.3, 0.4) is 0 Å². The maximum absolute atomic E-state index is 13.8. The second kappa shape index (κ2) is 9.89. The monoisotopic (exact) mass is 416 g/mol. The largest absolute Gasteiger partial charge is 0.385 e. The molecule has 1 aliphatic rings. The number of carbonyl (C=O) groups is 2. The lowest BCUT2D eigenvalue weighted by Gasteiger charge is -2.29. The Balaban J connectivity index is 1.87. The lowest BCUT2D eigenvalue weighted by molar-refractivity contribution is -0.124. The molecule has 0 radical (unpaired) electrons. The maximum atomic E-state index is 13.8. The molecule has 2 atom stereocenters. The number of methoxy groups -OCH3 is 1. The van der Waals surface area contributed by atoms with E-state index in [0.29, 0.717) is 36.5 Å². The van der Waals surface area contributed by atoms with E-state index in [4.69, 9.17) is 4.74 Å².